The lowest BCUT2D eigenvalue weighted by Crippen LogP contribution is -2.32. The van der Waals surface area contributed by atoms with E-state index in [2.05, 4.69) is 10.2 Å². The van der Waals surface area contributed by atoms with E-state index in [0.717, 1.165) is 38.0 Å². The van der Waals surface area contributed by atoms with Crippen molar-refractivity contribution in [2.75, 3.05) is 26.7 Å². The van der Waals surface area contributed by atoms with Crippen molar-refractivity contribution < 1.29 is 9.59 Å². The van der Waals surface area contributed by atoms with E-state index in [0.29, 0.717) is 18.5 Å². The Morgan fingerprint density at radius 1 is 1.03 bits per heavy atom. The molecule has 3 rings (SSSR count). The van der Waals surface area contributed by atoms with Gasteiger partial charge in [0.15, 0.2) is 5.78 Å². The lowest BCUT2D eigenvalue weighted by atomic mass is 10.0. The number of likely N-dealkylation sites (tertiary alicyclic amines) is 1. The third-order valence-corrected chi connectivity index (χ3v) is 5.65. The van der Waals surface area contributed by atoms with E-state index in [1.165, 1.54) is 36.9 Å². The van der Waals surface area contributed by atoms with Crippen LogP contribution in [0.3, 0.4) is 0 Å². The number of piperidine rings is 1. The SMILES string of the molecule is CNC(=O)c1cc(C(=O)CCCCN2CCCCC2)cn(Cc2ccccc2)c1=O. The zero-order valence-corrected chi connectivity index (χ0v) is 17.7. The minimum Gasteiger partial charge on any atom is -0.355 e. The Hall–Kier alpha value is -2.73. The number of aromatic nitrogens is 1. The number of Topliss-reactive ketones (excluding diaryl/α,β-unsaturated/α-hetero) is 1. The van der Waals surface area contributed by atoms with Crippen molar-refractivity contribution >= 4 is 11.7 Å². The van der Waals surface area contributed by atoms with E-state index < -0.39 is 5.91 Å². The first-order valence-electron chi connectivity index (χ1n) is 10.8. The number of pyridine rings is 1. The maximum atomic E-state index is 12.8. The normalized spacial score (nSPS) is 14.4. The van der Waals surface area contributed by atoms with Gasteiger partial charge in [-0.05, 0) is 56.9 Å². The first-order valence-corrected chi connectivity index (χ1v) is 10.8. The predicted molar refractivity (Wildman–Crippen MR) is 118 cm³/mol. The van der Waals surface area contributed by atoms with Crippen molar-refractivity contribution in [2.45, 2.75) is 45.1 Å². The number of nitrogens with zero attached hydrogens (tertiary/aromatic N) is 2. The molecule has 0 spiro atoms. The maximum absolute atomic E-state index is 12.8. The first-order chi connectivity index (χ1) is 14.6. The monoisotopic (exact) mass is 409 g/mol. The smallest absolute Gasteiger partial charge is 0.263 e. The molecule has 1 saturated heterocycles. The summed E-state index contributed by atoms with van der Waals surface area (Å²) in [4.78, 5) is 40.3. The van der Waals surface area contributed by atoms with Crippen LogP contribution in [0.1, 0.15) is 64.8 Å². The number of unbranched alkanes of at least 4 members (excludes halogenated alkanes) is 1. The number of ketones is 1. The van der Waals surface area contributed by atoms with Gasteiger partial charge in [0, 0.05) is 25.2 Å². The molecule has 1 aliphatic heterocycles. The highest BCUT2D eigenvalue weighted by Crippen LogP contribution is 2.12. The number of carbonyl (C=O) groups excluding carboxylic acids is 2. The van der Waals surface area contributed by atoms with Gasteiger partial charge in [0.2, 0.25) is 0 Å². The van der Waals surface area contributed by atoms with Gasteiger partial charge in [-0.3, -0.25) is 14.4 Å². The molecule has 1 aromatic heterocycles. The number of nitrogens with one attached hydrogen (secondary N) is 1. The summed E-state index contributed by atoms with van der Waals surface area (Å²) >= 11 is 0. The number of benzene rings is 1. The van der Waals surface area contributed by atoms with Gasteiger partial charge in [0.1, 0.15) is 5.56 Å². The molecule has 0 atom stereocenters. The highest BCUT2D eigenvalue weighted by Gasteiger charge is 2.17. The Balaban J connectivity index is 1.70. The van der Waals surface area contributed by atoms with Gasteiger partial charge >= 0.3 is 0 Å². The van der Waals surface area contributed by atoms with Crippen LogP contribution in [0.5, 0.6) is 0 Å². The molecule has 30 heavy (non-hydrogen) atoms. The molecule has 1 aliphatic rings. The minimum atomic E-state index is -0.471. The lowest BCUT2D eigenvalue weighted by molar-refractivity contribution is 0.0961. The summed E-state index contributed by atoms with van der Waals surface area (Å²) < 4.78 is 1.46. The minimum absolute atomic E-state index is 0.00704. The molecule has 0 radical (unpaired) electrons. The second-order valence-corrected chi connectivity index (χ2v) is 7.92. The molecule has 1 N–H and O–H groups in total. The molecule has 0 saturated carbocycles. The topological polar surface area (TPSA) is 71.4 Å². The van der Waals surface area contributed by atoms with Crippen LogP contribution >= 0.6 is 0 Å². The van der Waals surface area contributed by atoms with Gasteiger partial charge in [-0.2, -0.15) is 0 Å². The molecular weight excluding hydrogens is 378 g/mol. The summed E-state index contributed by atoms with van der Waals surface area (Å²) in [6, 6.07) is 11.0. The van der Waals surface area contributed by atoms with E-state index in [1.54, 1.807) is 6.20 Å². The van der Waals surface area contributed by atoms with Crippen LogP contribution in [0.4, 0.5) is 0 Å². The van der Waals surface area contributed by atoms with Crippen molar-refractivity contribution in [3.63, 3.8) is 0 Å². The second kappa shape index (κ2) is 10.9. The fourth-order valence-electron chi connectivity index (χ4n) is 3.93. The van der Waals surface area contributed by atoms with Crippen LogP contribution in [-0.2, 0) is 6.54 Å². The van der Waals surface area contributed by atoms with E-state index in [1.807, 2.05) is 30.3 Å². The fraction of sp³-hybridized carbons (Fsp3) is 0.458. The third kappa shape index (κ3) is 5.89. The summed E-state index contributed by atoms with van der Waals surface area (Å²) in [6.45, 7) is 3.67. The Kier molecular flexibility index (Phi) is 7.97. The van der Waals surface area contributed by atoms with Crippen molar-refractivity contribution in [1.29, 1.82) is 0 Å². The molecule has 2 heterocycles. The van der Waals surface area contributed by atoms with Crippen LogP contribution < -0.4 is 10.9 Å². The second-order valence-electron chi connectivity index (χ2n) is 7.92. The number of carbonyl (C=O) groups is 2. The van der Waals surface area contributed by atoms with Crippen LogP contribution in [0, 0.1) is 0 Å². The molecule has 0 aliphatic carbocycles. The van der Waals surface area contributed by atoms with Gasteiger partial charge in [-0.25, -0.2) is 0 Å². The fourth-order valence-corrected chi connectivity index (χ4v) is 3.93. The van der Waals surface area contributed by atoms with Crippen molar-refractivity contribution in [3.05, 3.63) is 69.6 Å². The summed E-state index contributed by atoms with van der Waals surface area (Å²) in [6.07, 6.45) is 7.66. The van der Waals surface area contributed by atoms with Gasteiger partial charge < -0.3 is 14.8 Å². The van der Waals surface area contributed by atoms with Gasteiger partial charge in [-0.1, -0.05) is 36.8 Å². The van der Waals surface area contributed by atoms with E-state index in [9.17, 15) is 14.4 Å². The number of rotatable bonds is 9. The number of hydrogen-bond acceptors (Lipinski definition) is 4. The van der Waals surface area contributed by atoms with Gasteiger partial charge in [0.05, 0.1) is 6.54 Å². The zero-order chi connectivity index (χ0) is 21.3. The van der Waals surface area contributed by atoms with E-state index >= 15 is 0 Å². The third-order valence-electron chi connectivity index (χ3n) is 5.65. The summed E-state index contributed by atoms with van der Waals surface area (Å²) in [7, 11) is 1.48. The Morgan fingerprint density at radius 3 is 2.47 bits per heavy atom. The molecular formula is C24H31N3O3. The van der Waals surface area contributed by atoms with Crippen LogP contribution in [0.15, 0.2) is 47.4 Å². The van der Waals surface area contributed by atoms with Crippen molar-refractivity contribution in [1.82, 2.24) is 14.8 Å². The van der Waals surface area contributed by atoms with Crippen molar-refractivity contribution in [3.8, 4) is 0 Å². The molecule has 2 aromatic rings. The van der Waals surface area contributed by atoms with Crippen LogP contribution in [0.25, 0.3) is 0 Å². The Morgan fingerprint density at radius 2 is 1.77 bits per heavy atom. The maximum Gasteiger partial charge on any atom is 0.263 e. The zero-order valence-electron chi connectivity index (χ0n) is 17.7. The molecule has 0 unspecified atom stereocenters. The Labute approximate surface area is 177 Å². The standard InChI is InChI=1S/C24H31N3O3/c1-25-23(29)21-16-20(18-27(24(21)30)17-19-10-4-2-5-11-19)22(28)12-6-9-15-26-13-7-3-8-14-26/h2,4-5,10-11,16,18H,3,6-9,12-15,17H2,1H3,(H,25,29). The quantitative estimate of drug-likeness (QED) is 0.510. The molecule has 1 fully saturated rings. The molecule has 1 aromatic carbocycles. The van der Waals surface area contributed by atoms with Crippen molar-refractivity contribution in [2.24, 2.45) is 0 Å². The van der Waals surface area contributed by atoms with E-state index in [4.69, 9.17) is 0 Å². The average Bonchev–Trinajstić information content (AvgIpc) is 2.78. The molecule has 6 nitrogen and oxygen atoms in total. The van der Waals surface area contributed by atoms with Gasteiger partial charge in [-0.15, -0.1) is 0 Å². The highest BCUT2D eigenvalue weighted by molar-refractivity contribution is 6.00. The first kappa shape index (κ1) is 22.0. The predicted octanol–water partition coefficient (Wildman–Crippen LogP) is 3.10. The van der Waals surface area contributed by atoms with Crippen LogP contribution in [-0.4, -0.2) is 47.8 Å². The molecule has 160 valence electrons. The van der Waals surface area contributed by atoms with E-state index in [-0.39, 0.29) is 16.9 Å². The molecule has 0 bridgehead atoms. The lowest BCUT2D eigenvalue weighted by Gasteiger charge is -2.26. The average molecular weight is 410 g/mol. The number of amides is 1. The highest BCUT2D eigenvalue weighted by atomic mass is 16.2. The number of hydrogen-bond donors (Lipinski definition) is 1. The summed E-state index contributed by atoms with van der Waals surface area (Å²) in [5, 5.41) is 2.50. The van der Waals surface area contributed by atoms with Crippen LogP contribution in [0.2, 0.25) is 0 Å². The molecule has 1 amide bonds. The largest absolute Gasteiger partial charge is 0.355 e. The van der Waals surface area contributed by atoms with Gasteiger partial charge in [0.25, 0.3) is 11.5 Å². The Bertz CT molecular complexity index is 915. The summed E-state index contributed by atoms with van der Waals surface area (Å²) in [5.74, 6) is -0.498. The molecule has 6 heteroatoms. The summed E-state index contributed by atoms with van der Waals surface area (Å²) in [5.41, 5.74) is 0.975.